The van der Waals surface area contributed by atoms with Crippen LogP contribution in [-0.4, -0.2) is 11.1 Å². The molecule has 0 aliphatic carbocycles. The van der Waals surface area contributed by atoms with Gasteiger partial charge in [0.15, 0.2) is 0 Å². The molecule has 86 valence electrons. The van der Waals surface area contributed by atoms with Crippen LogP contribution in [0.1, 0.15) is 51.4 Å². The SMILES string of the molecule is C=CCCCCCC/C=C/CCC(=O)O. The van der Waals surface area contributed by atoms with Crippen molar-refractivity contribution in [3.8, 4) is 0 Å². The summed E-state index contributed by atoms with van der Waals surface area (Å²) in [4.78, 5) is 10.2. The van der Waals surface area contributed by atoms with Gasteiger partial charge in [-0.2, -0.15) is 0 Å². The van der Waals surface area contributed by atoms with Crippen LogP contribution in [0, 0.1) is 0 Å². The summed E-state index contributed by atoms with van der Waals surface area (Å²) in [5.41, 5.74) is 0. The van der Waals surface area contributed by atoms with Gasteiger partial charge in [0.05, 0.1) is 0 Å². The summed E-state index contributed by atoms with van der Waals surface area (Å²) >= 11 is 0. The molecule has 0 rings (SSSR count). The third kappa shape index (κ3) is 12.9. The Morgan fingerprint density at radius 1 is 1.00 bits per heavy atom. The van der Waals surface area contributed by atoms with E-state index in [1.54, 1.807) is 0 Å². The molecule has 0 amide bonds. The molecule has 2 heteroatoms. The Labute approximate surface area is 92.7 Å². The third-order valence-electron chi connectivity index (χ3n) is 2.22. The van der Waals surface area contributed by atoms with Crippen LogP contribution in [0.5, 0.6) is 0 Å². The zero-order valence-electron chi connectivity index (χ0n) is 9.45. The fourth-order valence-electron chi connectivity index (χ4n) is 1.35. The van der Waals surface area contributed by atoms with Crippen molar-refractivity contribution in [1.29, 1.82) is 0 Å². The van der Waals surface area contributed by atoms with E-state index >= 15 is 0 Å². The Balaban J connectivity index is 3.09. The lowest BCUT2D eigenvalue weighted by Crippen LogP contribution is -1.91. The number of aliphatic carboxylic acids is 1. The van der Waals surface area contributed by atoms with E-state index in [2.05, 4.69) is 12.7 Å². The van der Waals surface area contributed by atoms with Gasteiger partial charge in [-0.25, -0.2) is 0 Å². The zero-order chi connectivity index (χ0) is 11.4. The minimum Gasteiger partial charge on any atom is -0.481 e. The second kappa shape index (κ2) is 11.0. The van der Waals surface area contributed by atoms with Gasteiger partial charge in [-0.05, 0) is 32.1 Å². The molecule has 2 nitrogen and oxygen atoms in total. The number of carboxylic acid groups (broad SMARTS) is 1. The van der Waals surface area contributed by atoms with Gasteiger partial charge < -0.3 is 5.11 Å². The van der Waals surface area contributed by atoms with E-state index in [4.69, 9.17) is 5.11 Å². The lowest BCUT2D eigenvalue weighted by molar-refractivity contribution is -0.136. The second-order valence-electron chi connectivity index (χ2n) is 3.68. The molecule has 0 atom stereocenters. The Morgan fingerprint density at radius 2 is 1.60 bits per heavy atom. The highest BCUT2D eigenvalue weighted by molar-refractivity contribution is 5.66. The van der Waals surface area contributed by atoms with Crippen molar-refractivity contribution < 1.29 is 9.90 Å². The summed E-state index contributed by atoms with van der Waals surface area (Å²) < 4.78 is 0. The molecule has 0 saturated heterocycles. The van der Waals surface area contributed by atoms with Gasteiger partial charge in [-0.3, -0.25) is 4.79 Å². The molecule has 0 radical (unpaired) electrons. The van der Waals surface area contributed by atoms with Crippen LogP contribution in [0.4, 0.5) is 0 Å². The molecule has 1 N–H and O–H groups in total. The Bertz CT molecular complexity index is 195. The smallest absolute Gasteiger partial charge is 0.303 e. The molecular weight excluding hydrogens is 188 g/mol. The van der Waals surface area contributed by atoms with Crippen molar-refractivity contribution in [1.82, 2.24) is 0 Å². The Morgan fingerprint density at radius 3 is 2.20 bits per heavy atom. The first-order valence-corrected chi connectivity index (χ1v) is 5.75. The molecule has 0 fully saturated rings. The summed E-state index contributed by atoms with van der Waals surface area (Å²) in [6.07, 6.45) is 14.1. The molecule has 0 aliphatic rings. The number of carboxylic acids is 1. The van der Waals surface area contributed by atoms with Crippen LogP contribution in [0.15, 0.2) is 24.8 Å². The summed E-state index contributed by atoms with van der Waals surface area (Å²) in [6.45, 7) is 3.68. The number of allylic oxidation sites excluding steroid dienone is 3. The second-order valence-corrected chi connectivity index (χ2v) is 3.68. The number of carbonyl (C=O) groups is 1. The predicted molar refractivity (Wildman–Crippen MR) is 63.9 cm³/mol. The van der Waals surface area contributed by atoms with Crippen molar-refractivity contribution >= 4 is 5.97 Å². The molecule has 0 aromatic heterocycles. The average molecular weight is 210 g/mol. The summed E-state index contributed by atoms with van der Waals surface area (Å²) in [6, 6.07) is 0. The zero-order valence-corrected chi connectivity index (χ0v) is 9.45. The summed E-state index contributed by atoms with van der Waals surface area (Å²) in [5.74, 6) is -0.718. The molecule has 0 aromatic rings. The van der Waals surface area contributed by atoms with Crippen molar-refractivity contribution in [3.63, 3.8) is 0 Å². The van der Waals surface area contributed by atoms with Gasteiger partial charge in [0.2, 0.25) is 0 Å². The van der Waals surface area contributed by atoms with Crippen LogP contribution in [0.2, 0.25) is 0 Å². The minimum atomic E-state index is -0.718. The topological polar surface area (TPSA) is 37.3 Å². The molecule has 15 heavy (non-hydrogen) atoms. The number of hydrogen-bond donors (Lipinski definition) is 1. The van der Waals surface area contributed by atoms with E-state index in [9.17, 15) is 4.79 Å². The van der Waals surface area contributed by atoms with Crippen molar-refractivity contribution in [2.24, 2.45) is 0 Å². The fourth-order valence-corrected chi connectivity index (χ4v) is 1.35. The first-order valence-electron chi connectivity index (χ1n) is 5.75. The number of hydrogen-bond acceptors (Lipinski definition) is 1. The van der Waals surface area contributed by atoms with Gasteiger partial charge >= 0.3 is 5.97 Å². The van der Waals surface area contributed by atoms with E-state index in [0.717, 1.165) is 12.8 Å². The molecule has 0 bridgehead atoms. The van der Waals surface area contributed by atoms with Crippen LogP contribution in [0.3, 0.4) is 0 Å². The van der Waals surface area contributed by atoms with Gasteiger partial charge in [-0.1, -0.05) is 31.1 Å². The first kappa shape index (κ1) is 13.9. The summed E-state index contributed by atoms with van der Waals surface area (Å²) in [5, 5.41) is 8.39. The monoisotopic (exact) mass is 210 g/mol. The van der Waals surface area contributed by atoms with Gasteiger partial charge in [-0.15, -0.1) is 6.58 Å². The lowest BCUT2D eigenvalue weighted by Gasteiger charge is -1.96. The quantitative estimate of drug-likeness (QED) is 0.438. The van der Waals surface area contributed by atoms with Crippen molar-refractivity contribution in [2.45, 2.75) is 51.4 Å². The third-order valence-corrected chi connectivity index (χ3v) is 2.22. The largest absolute Gasteiger partial charge is 0.481 e. The van der Waals surface area contributed by atoms with Crippen LogP contribution >= 0.6 is 0 Å². The van der Waals surface area contributed by atoms with Gasteiger partial charge in [0, 0.05) is 6.42 Å². The van der Waals surface area contributed by atoms with E-state index in [-0.39, 0.29) is 6.42 Å². The van der Waals surface area contributed by atoms with E-state index in [0.29, 0.717) is 6.42 Å². The highest BCUT2D eigenvalue weighted by atomic mass is 16.4. The molecule has 0 heterocycles. The standard InChI is InChI=1S/C13H22O2/c1-2-3-4-5-6-7-8-9-10-11-12-13(14)15/h2,9-10H,1,3-8,11-12H2,(H,14,15)/b10-9+. The van der Waals surface area contributed by atoms with E-state index in [1.807, 2.05) is 12.2 Å². The first-order chi connectivity index (χ1) is 7.27. The normalized spacial score (nSPS) is 10.7. The maximum absolute atomic E-state index is 10.2. The average Bonchev–Trinajstić information content (AvgIpc) is 2.20. The van der Waals surface area contributed by atoms with Crippen LogP contribution < -0.4 is 0 Å². The molecule has 0 aromatic carbocycles. The van der Waals surface area contributed by atoms with Crippen molar-refractivity contribution in [2.75, 3.05) is 0 Å². The van der Waals surface area contributed by atoms with Gasteiger partial charge in [0.1, 0.15) is 0 Å². The number of unbranched alkanes of at least 4 members (excludes halogenated alkanes) is 5. The van der Waals surface area contributed by atoms with Gasteiger partial charge in [0.25, 0.3) is 0 Å². The highest BCUT2D eigenvalue weighted by Gasteiger charge is 1.91. The molecule has 0 aliphatic heterocycles. The maximum Gasteiger partial charge on any atom is 0.303 e. The molecular formula is C13H22O2. The van der Waals surface area contributed by atoms with E-state index < -0.39 is 5.97 Å². The minimum absolute atomic E-state index is 0.246. The van der Waals surface area contributed by atoms with E-state index in [1.165, 1.54) is 25.7 Å². The van der Waals surface area contributed by atoms with Crippen LogP contribution in [0.25, 0.3) is 0 Å². The lowest BCUT2D eigenvalue weighted by atomic mass is 10.1. The molecule has 0 unspecified atom stereocenters. The van der Waals surface area contributed by atoms with Crippen LogP contribution in [-0.2, 0) is 4.79 Å². The molecule has 0 spiro atoms. The summed E-state index contributed by atoms with van der Waals surface area (Å²) in [7, 11) is 0. The fraction of sp³-hybridized carbons (Fsp3) is 0.615. The highest BCUT2D eigenvalue weighted by Crippen LogP contribution is 2.06. The Hall–Kier alpha value is -1.05. The Kier molecular flexibility index (Phi) is 10.3. The molecule has 0 saturated carbocycles. The number of rotatable bonds is 10. The maximum atomic E-state index is 10.2. The van der Waals surface area contributed by atoms with Crippen molar-refractivity contribution in [3.05, 3.63) is 24.8 Å². The predicted octanol–water partition coefficient (Wildman–Crippen LogP) is 3.93.